The molecule has 2 N–H and O–H groups in total. The lowest BCUT2D eigenvalue weighted by molar-refractivity contribution is -0.133. The Morgan fingerprint density at radius 2 is 1.95 bits per heavy atom. The van der Waals surface area contributed by atoms with E-state index in [2.05, 4.69) is 26.1 Å². The summed E-state index contributed by atoms with van der Waals surface area (Å²) in [6.45, 7) is 10.6. The number of aliphatic hydroxyl groups is 1. The fraction of sp³-hybridized carbons (Fsp3) is 0.857. The van der Waals surface area contributed by atoms with E-state index in [0.29, 0.717) is 0 Å². The minimum Gasteiger partial charge on any atom is -0.391 e. The van der Waals surface area contributed by atoms with Gasteiger partial charge in [-0.2, -0.15) is 0 Å². The minimum absolute atomic E-state index is 0.0312. The minimum atomic E-state index is -0.636. The SMILES string of the molecule is CC(C)(C)CC(C)(C)NC(=O)CN1CC(O)CC1=O. The molecule has 0 aromatic heterocycles. The third-order valence-electron chi connectivity index (χ3n) is 2.98. The number of likely N-dealkylation sites (tertiary alicyclic amines) is 1. The van der Waals surface area contributed by atoms with E-state index in [0.717, 1.165) is 6.42 Å². The van der Waals surface area contributed by atoms with Crippen LogP contribution in [0.1, 0.15) is 47.5 Å². The maximum Gasteiger partial charge on any atom is 0.240 e. The van der Waals surface area contributed by atoms with Gasteiger partial charge in [-0.3, -0.25) is 9.59 Å². The van der Waals surface area contributed by atoms with Gasteiger partial charge in [0.15, 0.2) is 0 Å². The second-order valence-corrected chi connectivity index (χ2v) is 7.30. The standard InChI is InChI=1S/C14H26N2O3/c1-13(2,3)9-14(4,5)15-11(18)8-16-7-10(17)6-12(16)19/h10,17H,6-9H2,1-5H3,(H,15,18). The van der Waals surface area contributed by atoms with Crippen LogP contribution in [0.2, 0.25) is 0 Å². The first-order valence-corrected chi connectivity index (χ1v) is 6.75. The van der Waals surface area contributed by atoms with Gasteiger partial charge in [0.25, 0.3) is 0 Å². The van der Waals surface area contributed by atoms with E-state index < -0.39 is 6.10 Å². The van der Waals surface area contributed by atoms with Crippen LogP contribution in [-0.2, 0) is 9.59 Å². The van der Waals surface area contributed by atoms with Crippen molar-refractivity contribution in [3.8, 4) is 0 Å². The van der Waals surface area contributed by atoms with Gasteiger partial charge in [0.2, 0.25) is 11.8 Å². The number of nitrogens with zero attached hydrogens (tertiary/aromatic N) is 1. The van der Waals surface area contributed by atoms with Gasteiger partial charge in [-0.1, -0.05) is 20.8 Å². The van der Waals surface area contributed by atoms with Crippen molar-refractivity contribution in [2.75, 3.05) is 13.1 Å². The van der Waals surface area contributed by atoms with Crippen LogP contribution < -0.4 is 5.32 Å². The van der Waals surface area contributed by atoms with Crippen molar-refractivity contribution in [3.63, 3.8) is 0 Å². The second-order valence-electron chi connectivity index (χ2n) is 7.30. The van der Waals surface area contributed by atoms with Gasteiger partial charge >= 0.3 is 0 Å². The predicted octanol–water partition coefficient (Wildman–Crippen LogP) is 0.911. The highest BCUT2D eigenvalue weighted by atomic mass is 16.3. The van der Waals surface area contributed by atoms with Crippen molar-refractivity contribution in [3.05, 3.63) is 0 Å². The third-order valence-corrected chi connectivity index (χ3v) is 2.98. The first-order chi connectivity index (χ1) is 8.48. The van der Waals surface area contributed by atoms with Crippen LogP contribution in [0.3, 0.4) is 0 Å². The van der Waals surface area contributed by atoms with Crippen molar-refractivity contribution < 1.29 is 14.7 Å². The Labute approximate surface area is 115 Å². The Morgan fingerprint density at radius 1 is 1.37 bits per heavy atom. The lowest BCUT2D eigenvalue weighted by Gasteiger charge is -2.33. The van der Waals surface area contributed by atoms with E-state index in [9.17, 15) is 14.7 Å². The van der Waals surface area contributed by atoms with Crippen molar-refractivity contribution in [1.82, 2.24) is 10.2 Å². The summed E-state index contributed by atoms with van der Waals surface area (Å²) in [7, 11) is 0. The van der Waals surface area contributed by atoms with Crippen LogP contribution in [0.15, 0.2) is 0 Å². The predicted molar refractivity (Wildman–Crippen MR) is 73.5 cm³/mol. The van der Waals surface area contributed by atoms with E-state index in [4.69, 9.17) is 0 Å². The molecule has 1 fully saturated rings. The molecular weight excluding hydrogens is 244 g/mol. The molecule has 110 valence electrons. The Kier molecular flexibility index (Phi) is 4.61. The average Bonchev–Trinajstić information content (AvgIpc) is 2.38. The molecule has 1 rings (SSSR count). The summed E-state index contributed by atoms with van der Waals surface area (Å²) >= 11 is 0. The van der Waals surface area contributed by atoms with Gasteiger partial charge in [0.1, 0.15) is 0 Å². The largest absolute Gasteiger partial charge is 0.391 e. The summed E-state index contributed by atoms with van der Waals surface area (Å²) in [5.41, 5.74) is -0.187. The van der Waals surface area contributed by atoms with Gasteiger partial charge in [-0.25, -0.2) is 0 Å². The Morgan fingerprint density at radius 3 is 2.37 bits per heavy atom. The molecule has 1 aliphatic heterocycles. The second kappa shape index (κ2) is 5.49. The number of hydrogen-bond donors (Lipinski definition) is 2. The van der Waals surface area contributed by atoms with Gasteiger partial charge < -0.3 is 15.3 Å². The molecule has 0 saturated carbocycles. The zero-order valence-corrected chi connectivity index (χ0v) is 12.6. The molecule has 1 aliphatic rings. The number of carbonyl (C=O) groups excluding carboxylic acids is 2. The monoisotopic (exact) mass is 270 g/mol. The first kappa shape index (κ1) is 16.0. The molecule has 1 atom stereocenters. The average molecular weight is 270 g/mol. The normalized spacial score (nSPS) is 20.8. The summed E-state index contributed by atoms with van der Waals surface area (Å²) in [5, 5.41) is 12.3. The van der Waals surface area contributed by atoms with Crippen LogP contribution in [0, 0.1) is 5.41 Å². The summed E-state index contributed by atoms with van der Waals surface area (Å²) in [5.74, 6) is -0.326. The molecule has 0 aliphatic carbocycles. The molecule has 0 bridgehead atoms. The van der Waals surface area contributed by atoms with Crippen molar-refractivity contribution in [2.24, 2.45) is 5.41 Å². The molecule has 1 heterocycles. The summed E-state index contributed by atoms with van der Waals surface area (Å²) in [4.78, 5) is 24.9. The van der Waals surface area contributed by atoms with E-state index in [1.165, 1.54) is 4.90 Å². The van der Waals surface area contributed by atoms with Gasteiger partial charge in [-0.05, 0) is 25.7 Å². The number of aliphatic hydroxyl groups excluding tert-OH is 1. The molecule has 1 saturated heterocycles. The van der Waals surface area contributed by atoms with E-state index in [1.807, 2.05) is 13.8 Å². The zero-order chi connectivity index (χ0) is 14.8. The van der Waals surface area contributed by atoms with E-state index in [-0.39, 0.29) is 42.3 Å². The van der Waals surface area contributed by atoms with Crippen LogP contribution in [0.4, 0.5) is 0 Å². The summed E-state index contributed by atoms with van der Waals surface area (Å²) in [6, 6.07) is 0. The quantitative estimate of drug-likeness (QED) is 0.798. The van der Waals surface area contributed by atoms with Gasteiger partial charge in [0, 0.05) is 12.1 Å². The van der Waals surface area contributed by atoms with E-state index >= 15 is 0 Å². The Balaban J connectivity index is 2.49. The number of hydrogen-bond acceptors (Lipinski definition) is 3. The number of amides is 2. The van der Waals surface area contributed by atoms with Gasteiger partial charge in [-0.15, -0.1) is 0 Å². The number of carbonyl (C=O) groups is 2. The molecule has 0 radical (unpaired) electrons. The maximum atomic E-state index is 12.0. The smallest absolute Gasteiger partial charge is 0.240 e. The topological polar surface area (TPSA) is 69.6 Å². The third kappa shape index (κ3) is 5.59. The first-order valence-electron chi connectivity index (χ1n) is 6.75. The van der Waals surface area contributed by atoms with E-state index in [1.54, 1.807) is 0 Å². The van der Waals surface area contributed by atoms with Crippen molar-refractivity contribution in [2.45, 2.75) is 59.1 Å². The highest BCUT2D eigenvalue weighted by Crippen LogP contribution is 2.26. The Hall–Kier alpha value is -1.10. The highest BCUT2D eigenvalue weighted by molar-refractivity contribution is 5.86. The molecule has 1 unspecified atom stereocenters. The van der Waals surface area contributed by atoms with Crippen molar-refractivity contribution >= 4 is 11.8 Å². The highest BCUT2D eigenvalue weighted by Gasteiger charge is 2.31. The lowest BCUT2D eigenvalue weighted by Crippen LogP contribution is -2.49. The van der Waals surface area contributed by atoms with Gasteiger partial charge in [0.05, 0.1) is 19.1 Å². The molecule has 19 heavy (non-hydrogen) atoms. The lowest BCUT2D eigenvalue weighted by atomic mass is 9.82. The maximum absolute atomic E-state index is 12.0. The van der Waals surface area contributed by atoms with Crippen molar-refractivity contribution in [1.29, 1.82) is 0 Å². The number of rotatable bonds is 4. The molecular formula is C14H26N2O3. The van der Waals surface area contributed by atoms with Crippen LogP contribution in [-0.4, -0.2) is 46.6 Å². The van der Waals surface area contributed by atoms with Crippen LogP contribution >= 0.6 is 0 Å². The van der Waals surface area contributed by atoms with Crippen LogP contribution in [0.25, 0.3) is 0 Å². The fourth-order valence-corrected chi connectivity index (χ4v) is 2.86. The number of β-amino-alcohol motifs (C(OH)–C–C–N with tert-alkyl or cyclic N) is 1. The Bertz CT molecular complexity index is 358. The van der Waals surface area contributed by atoms with Crippen LogP contribution in [0.5, 0.6) is 0 Å². The number of nitrogens with one attached hydrogen (secondary N) is 1. The summed E-state index contributed by atoms with van der Waals surface area (Å²) in [6.07, 6.45) is 0.337. The molecule has 5 heteroatoms. The molecule has 0 aromatic rings. The fourth-order valence-electron chi connectivity index (χ4n) is 2.86. The summed E-state index contributed by atoms with van der Waals surface area (Å²) < 4.78 is 0. The molecule has 0 aromatic carbocycles. The molecule has 0 spiro atoms. The molecule has 2 amide bonds. The zero-order valence-electron chi connectivity index (χ0n) is 12.6. The molecule has 5 nitrogen and oxygen atoms in total.